The first-order valence-electron chi connectivity index (χ1n) is 21.4. The molecule has 0 aromatic heterocycles. The Morgan fingerprint density at radius 3 is 1.43 bits per heavy atom. The predicted molar refractivity (Wildman–Crippen MR) is 232 cm³/mol. The van der Waals surface area contributed by atoms with E-state index in [-0.39, 0.29) is 23.0 Å². The summed E-state index contributed by atoms with van der Waals surface area (Å²) < 4.78 is 11.7. The fraction of sp³-hybridized carbons (Fsp3) is 0.600. The molecule has 6 heteroatoms. The van der Waals surface area contributed by atoms with Crippen molar-refractivity contribution in [3.8, 4) is 11.5 Å². The molecule has 0 aliphatic heterocycles. The highest BCUT2D eigenvalue weighted by Crippen LogP contribution is 2.43. The van der Waals surface area contributed by atoms with Crippen LogP contribution in [0.5, 0.6) is 11.5 Å². The minimum atomic E-state index is -0.404. The van der Waals surface area contributed by atoms with Crippen molar-refractivity contribution in [2.75, 3.05) is 0 Å². The van der Waals surface area contributed by atoms with E-state index >= 15 is 0 Å². The van der Waals surface area contributed by atoms with E-state index in [0.29, 0.717) is 29.3 Å². The van der Waals surface area contributed by atoms with Crippen molar-refractivity contribution in [2.45, 2.75) is 177 Å². The minimum absolute atomic E-state index is 0.0584. The van der Waals surface area contributed by atoms with Crippen LogP contribution < -0.4 is 0 Å². The molecule has 0 saturated heterocycles. The number of phenols is 2. The Hall–Kier alpha value is -3.80. The van der Waals surface area contributed by atoms with Gasteiger partial charge in [-0.15, -0.1) is 0 Å². The molecule has 0 bridgehead atoms. The zero-order valence-electron chi connectivity index (χ0n) is 37.0. The Morgan fingerprint density at radius 2 is 1.05 bits per heavy atom. The van der Waals surface area contributed by atoms with Crippen molar-refractivity contribution in [3.63, 3.8) is 0 Å². The van der Waals surface area contributed by atoms with Gasteiger partial charge in [-0.1, -0.05) is 103 Å². The number of phenolic OH excluding ortho intramolecular Hbond substituents is 2. The number of carbonyl (C=O) groups is 2. The molecular formula is C50H76O6. The highest BCUT2D eigenvalue weighted by molar-refractivity contribution is 5.77. The van der Waals surface area contributed by atoms with Crippen molar-refractivity contribution in [3.05, 3.63) is 95.6 Å². The van der Waals surface area contributed by atoms with Gasteiger partial charge in [-0.2, -0.15) is 0 Å². The van der Waals surface area contributed by atoms with Crippen LogP contribution in [0.1, 0.15) is 182 Å². The molecule has 2 aliphatic carbocycles. The molecule has 0 heterocycles. The quantitative estimate of drug-likeness (QED) is 0.178. The first-order chi connectivity index (χ1) is 26.3. The van der Waals surface area contributed by atoms with E-state index in [1.54, 1.807) is 24.3 Å². The molecule has 2 unspecified atom stereocenters. The second-order valence-corrected chi connectivity index (χ2v) is 17.9. The third-order valence-corrected chi connectivity index (χ3v) is 12.2. The summed E-state index contributed by atoms with van der Waals surface area (Å²) in [6, 6.07) is 25.1. The van der Waals surface area contributed by atoms with Gasteiger partial charge in [0.25, 0.3) is 0 Å². The van der Waals surface area contributed by atoms with Crippen LogP contribution in [-0.4, -0.2) is 27.8 Å². The van der Waals surface area contributed by atoms with Crippen molar-refractivity contribution >= 4 is 11.9 Å². The number of aromatic hydroxyl groups is 2. The topological polar surface area (TPSA) is 93.1 Å². The molecule has 2 saturated carbocycles. The lowest BCUT2D eigenvalue weighted by Crippen LogP contribution is -2.39. The van der Waals surface area contributed by atoms with E-state index in [2.05, 4.69) is 39.8 Å². The molecule has 5 rings (SSSR count). The van der Waals surface area contributed by atoms with Crippen LogP contribution >= 0.6 is 0 Å². The maximum atomic E-state index is 12.5. The van der Waals surface area contributed by atoms with Crippen molar-refractivity contribution < 1.29 is 29.3 Å². The lowest BCUT2D eigenvalue weighted by Gasteiger charge is -2.39. The molecule has 6 nitrogen and oxygen atoms in total. The molecule has 3 aromatic carbocycles. The SMILES string of the molecule is CCC(C)(C)C(=O)OC(C)(C)C1CC1.CCC(C)(C)C(=O)OC1(c2ccccc2)CCCCC1.CCC(C)c1ccc(O)cc1.CCC(C)c1ccc(O)cc1. The van der Waals surface area contributed by atoms with Crippen LogP contribution in [0.3, 0.4) is 0 Å². The number of carbonyl (C=O) groups excluding carboxylic acids is 2. The second-order valence-electron chi connectivity index (χ2n) is 17.9. The number of esters is 2. The standard InChI is InChI=1S/C18H26O2.C12H22O2.2C10H14O/c1-4-17(2,3)16(19)20-18(13-9-6-10-14-18)15-11-7-5-8-12-15;1-6-11(2,3)10(13)14-12(4,5)9-7-8-9;2*1-3-8(2)9-4-6-10(11)7-5-9/h5,7-8,11-12H,4,6,9-10,13-14H2,1-3H3;9H,6-8H2,1-5H3;2*4-8,11H,3H2,1-2H3. The van der Waals surface area contributed by atoms with E-state index in [1.807, 2.05) is 97.9 Å². The summed E-state index contributed by atoms with van der Waals surface area (Å²) >= 11 is 0. The van der Waals surface area contributed by atoms with Gasteiger partial charge in [-0.3, -0.25) is 9.59 Å². The smallest absolute Gasteiger partial charge is 0.312 e. The zero-order chi connectivity index (χ0) is 42.2. The summed E-state index contributed by atoms with van der Waals surface area (Å²) in [5.74, 6) is 2.34. The zero-order valence-corrected chi connectivity index (χ0v) is 37.0. The van der Waals surface area contributed by atoms with Crippen molar-refractivity contribution in [1.29, 1.82) is 0 Å². The van der Waals surface area contributed by atoms with Gasteiger partial charge in [0, 0.05) is 0 Å². The molecule has 3 aromatic rings. The van der Waals surface area contributed by atoms with Gasteiger partial charge in [-0.25, -0.2) is 0 Å². The monoisotopic (exact) mass is 773 g/mol. The van der Waals surface area contributed by atoms with Crippen molar-refractivity contribution in [1.82, 2.24) is 0 Å². The lowest BCUT2D eigenvalue weighted by molar-refractivity contribution is -0.176. The fourth-order valence-corrected chi connectivity index (χ4v) is 6.23. The molecule has 0 radical (unpaired) electrons. The van der Waals surface area contributed by atoms with Crippen molar-refractivity contribution in [2.24, 2.45) is 16.7 Å². The van der Waals surface area contributed by atoms with E-state index in [9.17, 15) is 9.59 Å². The normalized spacial score (nSPS) is 16.2. The van der Waals surface area contributed by atoms with Crippen LogP contribution in [0.4, 0.5) is 0 Å². The van der Waals surface area contributed by atoms with Gasteiger partial charge in [0.1, 0.15) is 22.7 Å². The van der Waals surface area contributed by atoms with E-state index in [1.165, 1.54) is 30.4 Å². The highest BCUT2D eigenvalue weighted by Gasteiger charge is 2.43. The van der Waals surface area contributed by atoms with Crippen LogP contribution in [0.15, 0.2) is 78.9 Å². The summed E-state index contributed by atoms with van der Waals surface area (Å²) in [7, 11) is 0. The average molecular weight is 773 g/mol. The van der Waals surface area contributed by atoms with E-state index in [4.69, 9.17) is 19.7 Å². The fourth-order valence-electron chi connectivity index (χ4n) is 6.23. The van der Waals surface area contributed by atoms with Gasteiger partial charge in [-0.05, 0) is 164 Å². The maximum Gasteiger partial charge on any atom is 0.312 e. The third-order valence-electron chi connectivity index (χ3n) is 12.2. The Labute approximate surface area is 340 Å². The molecule has 0 spiro atoms. The lowest BCUT2D eigenvalue weighted by atomic mass is 9.79. The molecule has 2 fully saturated rings. The predicted octanol–water partition coefficient (Wildman–Crippen LogP) is 13.8. The van der Waals surface area contributed by atoms with Crippen LogP contribution in [0, 0.1) is 16.7 Å². The molecule has 2 aliphatic rings. The Bertz CT molecular complexity index is 1510. The summed E-state index contributed by atoms with van der Waals surface area (Å²) in [5.41, 5.74) is 2.34. The molecule has 0 amide bonds. The molecule has 2 N–H and O–H groups in total. The number of ether oxygens (including phenoxy) is 2. The van der Waals surface area contributed by atoms with Crippen LogP contribution in [-0.2, 0) is 24.7 Å². The van der Waals surface area contributed by atoms with Crippen LogP contribution in [0.25, 0.3) is 0 Å². The summed E-state index contributed by atoms with van der Waals surface area (Å²) in [6.45, 7) is 24.6. The van der Waals surface area contributed by atoms with E-state index < -0.39 is 11.0 Å². The van der Waals surface area contributed by atoms with Gasteiger partial charge in [0.15, 0.2) is 0 Å². The maximum absolute atomic E-state index is 12.5. The highest BCUT2D eigenvalue weighted by atomic mass is 16.6. The largest absolute Gasteiger partial charge is 0.508 e. The minimum Gasteiger partial charge on any atom is -0.508 e. The average Bonchev–Trinajstić information content (AvgIpc) is 4.06. The number of hydrogen-bond donors (Lipinski definition) is 2. The van der Waals surface area contributed by atoms with Gasteiger partial charge < -0.3 is 19.7 Å². The summed E-state index contributed by atoms with van der Waals surface area (Å²) in [6.07, 6.45) is 11.7. The Kier molecular flexibility index (Phi) is 19.2. The molecular weight excluding hydrogens is 697 g/mol. The third kappa shape index (κ3) is 15.3. The first-order valence-corrected chi connectivity index (χ1v) is 21.4. The number of benzene rings is 3. The van der Waals surface area contributed by atoms with Gasteiger partial charge in [0.2, 0.25) is 0 Å². The number of rotatable bonds is 12. The Balaban J connectivity index is 0.000000267. The second kappa shape index (κ2) is 22.2. The van der Waals surface area contributed by atoms with Crippen LogP contribution in [0.2, 0.25) is 0 Å². The molecule has 56 heavy (non-hydrogen) atoms. The number of hydrogen-bond acceptors (Lipinski definition) is 6. The molecule has 312 valence electrons. The first kappa shape index (κ1) is 48.3. The summed E-state index contributed by atoms with van der Waals surface area (Å²) in [4.78, 5) is 24.3. The summed E-state index contributed by atoms with van der Waals surface area (Å²) in [5, 5.41) is 18.0. The Morgan fingerprint density at radius 1 is 0.643 bits per heavy atom. The van der Waals surface area contributed by atoms with Gasteiger partial charge in [0.05, 0.1) is 10.8 Å². The van der Waals surface area contributed by atoms with Gasteiger partial charge >= 0.3 is 11.9 Å². The molecule has 2 atom stereocenters. The van der Waals surface area contributed by atoms with E-state index in [0.717, 1.165) is 56.9 Å².